The first-order valence-electron chi connectivity index (χ1n) is 4.42. The van der Waals surface area contributed by atoms with Crippen LogP contribution in [0, 0.1) is 0 Å². The van der Waals surface area contributed by atoms with Crippen LogP contribution in [0.1, 0.15) is 0 Å². The van der Waals surface area contributed by atoms with Crippen LogP contribution in [0.15, 0.2) is 0 Å². The summed E-state index contributed by atoms with van der Waals surface area (Å²) in [5.74, 6) is 0. The van der Waals surface area contributed by atoms with E-state index in [1.807, 2.05) is 0 Å². The molecule has 0 bridgehead atoms. The van der Waals surface area contributed by atoms with E-state index in [1.165, 1.54) is 8.51 Å². The fourth-order valence-corrected chi connectivity index (χ4v) is 15.5. The average Bonchev–Trinajstić information content (AvgIpc) is 1.77. The summed E-state index contributed by atoms with van der Waals surface area (Å²) in [6.07, 6.45) is 0. The maximum absolute atomic E-state index is 6.43. The van der Waals surface area contributed by atoms with Crippen molar-refractivity contribution in [3.63, 3.8) is 0 Å². The molecule has 0 aromatic carbocycles. The van der Waals surface area contributed by atoms with Crippen molar-refractivity contribution in [2.24, 2.45) is 0 Å². The normalized spacial score (nSPS) is 15.8. The van der Waals surface area contributed by atoms with Crippen LogP contribution >= 0.6 is 27.0 Å². The predicted octanol–water partition coefficient (Wildman–Crippen LogP) is 3.71. The Morgan fingerprint density at radius 2 is 1.62 bits per heavy atom. The number of hydrogen-bond acceptors (Lipinski definition) is 0. The summed E-state index contributed by atoms with van der Waals surface area (Å²) in [4.78, 5) is 0. The Morgan fingerprint density at radius 3 is 1.85 bits per heavy atom. The van der Waals surface area contributed by atoms with E-state index in [4.69, 9.17) is 11.2 Å². The Kier molecular flexibility index (Phi) is 3.23. The number of halogens is 1. The average molecular weight is 272 g/mol. The van der Waals surface area contributed by atoms with Gasteiger partial charge in [0.1, 0.15) is 0 Å². The number of aromatic nitrogens is 2. The lowest BCUT2D eigenvalue weighted by Gasteiger charge is -2.27. The second-order valence-electron chi connectivity index (χ2n) is 5.25. The summed E-state index contributed by atoms with van der Waals surface area (Å²) in [7, 11) is -1.41. The maximum Gasteiger partial charge on any atom is 0.250 e. The second-order valence-corrected chi connectivity index (χ2v) is 20.1. The van der Waals surface area contributed by atoms with Crippen LogP contribution in [-0.2, 0) is 0 Å². The quantitative estimate of drug-likeness (QED) is 0.725. The summed E-state index contributed by atoms with van der Waals surface area (Å²) in [5.41, 5.74) is 0. The van der Waals surface area contributed by atoms with Crippen LogP contribution < -0.4 is 3.76 Å². The molecule has 7 heteroatoms. The summed E-state index contributed by atoms with van der Waals surface area (Å²) < 4.78 is 5.00. The lowest BCUT2D eigenvalue weighted by Crippen LogP contribution is -2.58. The molecule has 0 aliphatic rings. The molecule has 0 aliphatic heterocycles. The van der Waals surface area contributed by atoms with Crippen LogP contribution in [0.25, 0.3) is 0 Å². The van der Waals surface area contributed by atoms with E-state index in [1.54, 1.807) is 0 Å². The zero-order valence-electron chi connectivity index (χ0n) is 9.17. The largest absolute Gasteiger partial charge is 0.250 e. The molecule has 1 aromatic heterocycles. The van der Waals surface area contributed by atoms with Crippen LogP contribution in [0.2, 0.25) is 39.3 Å². The lowest BCUT2D eigenvalue weighted by atomic mass is 11.8. The highest BCUT2D eigenvalue weighted by atomic mass is 35.7. The molecule has 13 heavy (non-hydrogen) atoms. The molecule has 0 atom stereocenters. The summed E-state index contributed by atoms with van der Waals surface area (Å²) in [6, 6.07) is 0. The van der Waals surface area contributed by atoms with E-state index in [-0.39, 0.29) is 0 Å². The fourth-order valence-electron chi connectivity index (χ4n) is 0.958. The minimum Gasteiger partial charge on any atom is -0.244 e. The summed E-state index contributed by atoms with van der Waals surface area (Å²) >= 11 is 6.43. The third-order valence-corrected chi connectivity index (χ3v) is 17.7. The van der Waals surface area contributed by atoms with Gasteiger partial charge < -0.3 is 0 Å². The summed E-state index contributed by atoms with van der Waals surface area (Å²) in [5, 5.41) is 0. The highest BCUT2D eigenvalue weighted by molar-refractivity contribution is 7.77. The van der Waals surface area contributed by atoms with Crippen molar-refractivity contribution in [1.29, 1.82) is 0 Å². The van der Waals surface area contributed by atoms with Gasteiger partial charge in [-0.15, -0.1) is 0 Å². The minimum absolute atomic E-state index is 0.471. The fraction of sp³-hybridized carbons (Fsp3) is 1.00. The van der Waals surface area contributed by atoms with Crippen molar-refractivity contribution in [2.45, 2.75) is 39.3 Å². The van der Waals surface area contributed by atoms with Gasteiger partial charge in [0.15, 0.2) is 0 Å². The molecule has 76 valence electrons. The lowest BCUT2D eigenvalue weighted by molar-refractivity contribution is -0.392. The molecule has 0 amide bonds. The van der Waals surface area contributed by atoms with E-state index < -0.39 is 23.7 Å². The molecule has 0 saturated heterocycles. The van der Waals surface area contributed by atoms with Crippen molar-refractivity contribution in [3.05, 3.63) is 0 Å². The van der Waals surface area contributed by atoms with E-state index in [9.17, 15) is 0 Å². The first-order chi connectivity index (χ1) is 5.64. The summed E-state index contributed by atoms with van der Waals surface area (Å²) in [6.45, 7) is 14.2. The molecule has 2 nitrogen and oxygen atoms in total. The van der Waals surface area contributed by atoms with Crippen LogP contribution in [-0.4, -0.2) is 20.2 Å². The molecule has 0 N–H and O–H groups in total. The molecule has 1 aromatic rings. The maximum atomic E-state index is 6.43. The second kappa shape index (κ2) is 3.50. The van der Waals surface area contributed by atoms with Crippen molar-refractivity contribution in [2.75, 3.05) is 0 Å². The molecular weight excluding hydrogens is 254 g/mol. The number of hydrogen-bond donors (Lipinski definition) is 0. The van der Waals surface area contributed by atoms with Crippen LogP contribution in [0.3, 0.4) is 0 Å². The third-order valence-electron chi connectivity index (χ3n) is 1.68. The van der Waals surface area contributed by atoms with E-state index in [2.05, 4.69) is 46.8 Å². The molecule has 0 radical (unpaired) electrons. The molecular formula is C6H18ClN2P2Si2+. The van der Waals surface area contributed by atoms with Gasteiger partial charge in [0.05, 0.1) is 0 Å². The zero-order chi connectivity index (χ0) is 10.4. The molecule has 0 aliphatic carbocycles. The SMILES string of the molecule is C[Si](C)(C)n1p[n+]([Si](C)(C)C)p1Cl. The van der Waals surface area contributed by atoms with Gasteiger partial charge in [-0.3, -0.25) is 0 Å². The van der Waals surface area contributed by atoms with Gasteiger partial charge in [0.25, 0.3) is 8.51 Å². The van der Waals surface area contributed by atoms with Crippen molar-refractivity contribution in [3.8, 4) is 0 Å². The van der Waals surface area contributed by atoms with Gasteiger partial charge in [-0.1, -0.05) is 0 Å². The Morgan fingerprint density at radius 1 is 1.15 bits per heavy atom. The molecule has 0 saturated carbocycles. The first kappa shape index (κ1) is 12.0. The van der Waals surface area contributed by atoms with Gasteiger partial charge in [0.2, 0.25) is 23.7 Å². The van der Waals surface area contributed by atoms with Crippen molar-refractivity contribution < 1.29 is 3.76 Å². The first-order valence-corrected chi connectivity index (χ1v) is 14.3. The van der Waals surface area contributed by atoms with Crippen molar-refractivity contribution >= 4 is 43.4 Å². The number of rotatable bonds is 2. The van der Waals surface area contributed by atoms with Crippen LogP contribution in [0.4, 0.5) is 0 Å². The molecule has 1 rings (SSSR count). The van der Waals surface area contributed by atoms with E-state index >= 15 is 0 Å². The van der Waals surface area contributed by atoms with Crippen LogP contribution in [0.5, 0.6) is 0 Å². The predicted molar refractivity (Wildman–Crippen MR) is 68.6 cm³/mol. The highest BCUT2D eigenvalue weighted by Crippen LogP contribution is 2.39. The van der Waals surface area contributed by atoms with E-state index in [0.717, 1.165) is 0 Å². The molecule has 0 unspecified atom stereocenters. The molecule has 0 fully saturated rings. The Balaban J connectivity index is 2.99. The minimum atomic E-state index is -1.16. The topological polar surface area (TPSA) is 8.81 Å². The van der Waals surface area contributed by atoms with Gasteiger partial charge >= 0.3 is 0 Å². The van der Waals surface area contributed by atoms with Gasteiger partial charge in [-0.05, 0) is 39.3 Å². The van der Waals surface area contributed by atoms with E-state index in [0.29, 0.717) is 0 Å². The smallest absolute Gasteiger partial charge is 0.244 e. The zero-order valence-corrected chi connectivity index (χ0v) is 13.7. The van der Waals surface area contributed by atoms with Gasteiger partial charge in [-0.2, -0.15) is 0 Å². The highest BCUT2D eigenvalue weighted by Gasteiger charge is 2.36. The Bertz CT molecular complexity index is 280. The van der Waals surface area contributed by atoms with Gasteiger partial charge in [-0.25, -0.2) is 7.52 Å². The third kappa shape index (κ3) is 2.48. The number of nitrogens with zero attached hydrogens (tertiary/aromatic N) is 2. The Labute approximate surface area is 90.3 Å². The Hall–Kier alpha value is 0.924. The van der Waals surface area contributed by atoms with Crippen molar-refractivity contribution in [1.82, 2.24) is 3.76 Å². The molecule has 1 heterocycles. The monoisotopic (exact) mass is 271 g/mol. The van der Waals surface area contributed by atoms with Gasteiger partial charge in [0, 0.05) is 11.2 Å². The standard InChI is InChI=1S/C6H18ClN2P2Si2/c1-12(2,3)8-10-9(11(8)7)13(4,5)6/h1-6H3/q+1. The molecule has 0 spiro atoms.